The molecule has 8 nitrogen and oxygen atoms in total. The zero-order valence-electron chi connectivity index (χ0n) is 17.1. The van der Waals surface area contributed by atoms with E-state index in [1.807, 2.05) is 0 Å². The molecule has 1 fully saturated rings. The van der Waals surface area contributed by atoms with Crippen molar-refractivity contribution in [1.82, 2.24) is 4.73 Å². The summed E-state index contributed by atoms with van der Waals surface area (Å²) in [5, 5.41) is 19.4. The van der Waals surface area contributed by atoms with Crippen LogP contribution in [0.3, 0.4) is 0 Å². The number of phenols is 1. The van der Waals surface area contributed by atoms with E-state index >= 15 is 0 Å². The predicted molar refractivity (Wildman–Crippen MR) is 100.0 cm³/mol. The minimum atomic E-state index is -4.97. The van der Waals surface area contributed by atoms with Crippen LogP contribution in [-0.2, 0) is 9.53 Å². The van der Waals surface area contributed by atoms with Gasteiger partial charge in [0.15, 0.2) is 17.2 Å². The number of alkyl halides is 3. The Hall–Kier alpha value is -3.48. The number of benzene rings is 1. The Balaban J connectivity index is 2.15. The third kappa shape index (κ3) is 4.03. The maximum Gasteiger partial charge on any atom is 0.417 e. The Morgan fingerprint density at radius 2 is 1.88 bits per heavy atom. The van der Waals surface area contributed by atoms with Crippen molar-refractivity contribution >= 4 is 11.8 Å². The molecule has 1 saturated heterocycles. The third-order valence-electron chi connectivity index (χ3n) is 5.78. The van der Waals surface area contributed by atoms with Crippen LogP contribution in [0.1, 0.15) is 35.8 Å². The molecule has 1 aromatic carbocycles. The molecule has 178 valence electrons. The summed E-state index contributed by atoms with van der Waals surface area (Å²) in [5.74, 6) is -9.81. The lowest BCUT2D eigenvalue weighted by Crippen LogP contribution is -2.47. The summed E-state index contributed by atoms with van der Waals surface area (Å²) in [6.07, 6.45) is -6.01. The number of ether oxygens (including phenoxy) is 1. The van der Waals surface area contributed by atoms with Crippen LogP contribution in [-0.4, -0.2) is 44.7 Å². The zero-order valence-corrected chi connectivity index (χ0v) is 17.1. The highest BCUT2D eigenvalue weighted by Gasteiger charge is 2.65. The van der Waals surface area contributed by atoms with Crippen LogP contribution in [0.5, 0.6) is 5.75 Å². The second kappa shape index (κ2) is 8.14. The number of pyridine rings is 1. The van der Waals surface area contributed by atoms with Gasteiger partial charge in [-0.15, -0.1) is 0 Å². The normalized spacial score (nSPS) is 25.9. The Morgan fingerprint density at radius 3 is 2.45 bits per heavy atom. The number of nitrogens with two attached hydrogens (primary N) is 1. The summed E-state index contributed by atoms with van der Waals surface area (Å²) < 4.78 is 74.4. The van der Waals surface area contributed by atoms with Crippen molar-refractivity contribution in [3.8, 4) is 5.75 Å². The fraction of sp³-hybridized carbons (Fsp3) is 0.350. The predicted octanol–water partition coefficient (Wildman–Crippen LogP) is 2.38. The van der Waals surface area contributed by atoms with Crippen LogP contribution in [0, 0.1) is 17.6 Å². The number of halogens is 5. The summed E-state index contributed by atoms with van der Waals surface area (Å²) in [4.78, 5) is 27.9. The van der Waals surface area contributed by atoms with Gasteiger partial charge in [-0.1, -0.05) is 13.0 Å². The molecule has 0 radical (unpaired) electrons. The Kier molecular flexibility index (Phi) is 5.96. The second-order valence-electron chi connectivity index (χ2n) is 7.69. The molecule has 4 atom stereocenters. The largest absolute Gasteiger partial charge is 0.505 e. The molecule has 1 unspecified atom stereocenters. The van der Waals surface area contributed by atoms with Gasteiger partial charge in [-0.05, 0) is 25.1 Å². The van der Waals surface area contributed by atoms with Gasteiger partial charge >= 0.3 is 6.18 Å². The maximum absolute atomic E-state index is 14.0. The molecule has 0 saturated carbocycles. The van der Waals surface area contributed by atoms with Gasteiger partial charge < -0.3 is 20.8 Å². The van der Waals surface area contributed by atoms with Crippen LogP contribution >= 0.6 is 0 Å². The van der Waals surface area contributed by atoms with E-state index in [-0.39, 0.29) is 5.36 Å². The van der Waals surface area contributed by atoms with Crippen molar-refractivity contribution in [2.45, 2.75) is 37.6 Å². The van der Waals surface area contributed by atoms with E-state index in [1.54, 1.807) is 0 Å². The zero-order chi connectivity index (χ0) is 24.9. The van der Waals surface area contributed by atoms with Crippen LogP contribution in [0.2, 0.25) is 0 Å². The SMILES string of the molecule is C[C@H]1[C@H](c2ccc(F)c(F)c2O)[C@@H](C(=O)N=c2ccn(O)c(C(N)=O)c2)OC1(C)C(F)(F)F. The maximum atomic E-state index is 14.0. The molecule has 13 heteroatoms. The summed E-state index contributed by atoms with van der Waals surface area (Å²) in [6, 6.07) is 3.44. The number of nitrogens with zero attached hydrogens (tertiary/aromatic N) is 2. The summed E-state index contributed by atoms with van der Waals surface area (Å²) >= 11 is 0. The molecule has 4 N–H and O–H groups in total. The number of carbonyl (C=O) groups excluding carboxylic acids is 2. The first kappa shape index (κ1) is 24.2. The van der Waals surface area contributed by atoms with E-state index in [0.29, 0.717) is 17.7 Å². The molecular formula is C20H18F5N3O5. The van der Waals surface area contributed by atoms with E-state index in [1.165, 1.54) is 0 Å². The monoisotopic (exact) mass is 475 g/mol. The standard InChI is InChI=1S/C20H18F5N3O5/c1-8-13(10-3-4-11(21)14(22)15(10)29)16(33-19(8,2)20(23,24)25)18(31)27-9-5-6-28(32)12(7-9)17(26)30/h3-8,13,16,29,32H,1-2H3,(H2,26,30)/t8-,13+,16-,19?/m0/s1. The minimum absolute atomic E-state index is 0.246. The van der Waals surface area contributed by atoms with Crippen LogP contribution in [0.15, 0.2) is 35.5 Å². The minimum Gasteiger partial charge on any atom is -0.505 e. The highest BCUT2D eigenvalue weighted by Crippen LogP contribution is 2.54. The number of phenolic OH excluding ortho intramolecular Hbond substituents is 1. The van der Waals surface area contributed by atoms with Gasteiger partial charge in [-0.2, -0.15) is 22.3 Å². The number of rotatable bonds is 3. The van der Waals surface area contributed by atoms with Gasteiger partial charge in [0.2, 0.25) is 5.82 Å². The fourth-order valence-corrected chi connectivity index (χ4v) is 3.76. The number of aromatic nitrogens is 1. The molecule has 2 amide bonds. The number of carbonyl (C=O) groups is 2. The molecule has 2 heterocycles. The first-order chi connectivity index (χ1) is 15.2. The van der Waals surface area contributed by atoms with Gasteiger partial charge in [0, 0.05) is 23.6 Å². The van der Waals surface area contributed by atoms with Crippen molar-refractivity contribution in [2.24, 2.45) is 16.6 Å². The van der Waals surface area contributed by atoms with Crippen molar-refractivity contribution in [1.29, 1.82) is 0 Å². The summed E-state index contributed by atoms with van der Waals surface area (Å²) in [6.45, 7) is 1.78. The van der Waals surface area contributed by atoms with Crippen molar-refractivity contribution < 1.29 is 46.6 Å². The van der Waals surface area contributed by atoms with Crippen LogP contribution < -0.4 is 11.1 Å². The third-order valence-corrected chi connectivity index (χ3v) is 5.78. The number of aromatic hydroxyl groups is 1. The first-order valence-corrected chi connectivity index (χ1v) is 9.40. The van der Waals surface area contributed by atoms with Gasteiger partial charge in [0.25, 0.3) is 11.8 Å². The summed E-state index contributed by atoms with van der Waals surface area (Å²) in [7, 11) is 0. The summed E-state index contributed by atoms with van der Waals surface area (Å²) in [5.41, 5.74) is 1.25. The lowest BCUT2D eigenvalue weighted by atomic mass is 9.77. The molecule has 1 aliphatic rings. The molecule has 1 aliphatic heterocycles. The van der Waals surface area contributed by atoms with Crippen molar-refractivity contribution in [3.05, 3.63) is 58.7 Å². The van der Waals surface area contributed by atoms with E-state index in [2.05, 4.69) is 4.99 Å². The molecule has 0 spiro atoms. The van der Waals surface area contributed by atoms with E-state index in [0.717, 1.165) is 31.3 Å². The smallest absolute Gasteiger partial charge is 0.417 e. The molecule has 3 rings (SSSR count). The number of hydrogen-bond donors (Lipinski definition) is 3. The first-order valence-electron chi connectivity index (χ1n) is 9.40. The lowest BCUT2D eigenvalue weighted by molar-refractivity contribution is -0.272. The Morgan fingerprint density at radius 1 is 1.24 bits per heavy atom. The van der Waals surface area contributed by atoms with Gasteiger partial charge in [0.05, 0.1) is 5.36 Å². The average Bonchev–Trinajstić information content (AvgIpc) is 3.00. The van der Waals surface area contributed by atoms with Crippen LogP contribution in [0.25, 0.3) is 0 Å². The second-order valence-corrected chi connectivity index (χ2v) is 7.69. The topological polar surface area (TPSA) is 127 Å². The number of hydrogen-bond acceptors (Lipinski definition) is 5. The van der Waals surface area contributed by atoms with Crippen molar-refractivity contribution in [3.63, 3.8) is 0 Å². The molecule has 0 bridgehead atoms. The molecular weight excluding hydrogens is 457 g/mol. The lowest BCUT2D eigenvalue weighted by Gasteiger charge is -2.31. The number of amides is 2. The number of primary amides is 1. The van der Waals surface area contributed by atoms with Gasteiger partial charge in [0.1, 0.15) is 11.8 Å². The van der Waals surface area contributed by atoms with E-state index in [9.17, 15) is 41.9 Å². The average molecular weight is 475 g/mol. The quantitative estimate of drug-likeness (QED) is 0.464. The van der Waals surface area contributed by atoms with Gasteiger partial charge in [-0.25, -0.2) is 9.38 Å². The molecule has 0 aliphatic carbocycles. The van der Waals surface area contributed by atoms with Crippen molar-refractivity contribution in [2.75, 3.05) is 0 Å². The van der Waals surface area contributed by atoms with Gasteiger partial charge in [-0.3, -0.25) is 9.59 Å². The highest BCUT2D eigenvalue weighted by atomic mass is 19.4. The Bertz CT molecular complexity index is 1200. The fourth-order valence-electron chi connectivity index (χ4n) is 3.76. The van der Waals surface area contributed by atoms with E-state index < -0.39 is 70.2 Å². The highest BCUT2D eigenvalue weighted by molar-refractivity contribution is 5.91. The Labute approximate surface area is 182 Å². The molecule has 33 heavy (non-hydrogen) atoms. The van der Waals surface area contributed by atoms with E-state index in [4.69, 9.17) is 10.5 Å². The molecule has 1 aromatic heterocycles. The van der Waals surface area contributed by atoms with Crippen LogP contribution in [0.4, 0.5) is 22.0 Å². The molecule has 2 aromatic rings.